The van der Waals surface area contributed by atoms with Crippen molar-refractivity contribution in [3.05, 3.63) is 53.3 Å². The van der Waals surface area contributed by atoms with Crippen LogP contribution in [-0.2, 0) is 31.4 Å². The lowest BCUT2D eigenvalue weighted by Gasteiger charge is -2.29. The summed E-state index contributed by atoms with van der Waals surface area (Å²) >= 11 is 0. The van der Waals surface area contributed by atoms with Gasteiger partial charge in [-0.1, -0.05) is 24.3 Å². The number of nitrogens with zero attached hydrogens (tertiary/aromatic N) is 4. The number of fused-ring (bicyclic) bond motifs is 1. The molecule has 1 aromatic carbocycles. The van der Waals surface area contributed by atoms with Gasteiger partial charge in [-0.2, -0.15) is 5.10 Å². The Morgan fingerprint density at radius 3 is 2.77 bits per heavy atom. The second-order valence-electron chi connectivity index (χ2n) is 6.33. The van der Waals surface area contributed by atoms with Gasteiger partial charge >= 0.3 is 0 Å². The summed E-state index contributed by atoms with van der Waals surface area (Å²) < 4.78 is 1.80. The van der Waals surface area contributed by atoms with Crippen LogP contribution in [0.1, 0.15) is 23.7 Å². The number of nitrogens with one attached hydrogen (secondary N) is 2. The molecule has 2 aromatic rings. The number of amides is 1. The Labute approximate surface area is 154 Å². The molecule has 1 aliphatic heterocycles. The topological polar surface area (TPSA) is 74.5 Å². The number of carbonyl (C=O) groups excluding carboxylic acids is 1. The van der Waals surface area contributed by atoms with E-state index in [-0.39, 0.29) is 12.5 Å². The molecular weight excluding hydrogens is 328 g/mol. The third-order valence-corrected chi connectivity index (χ3v) is 4.56. The van der Waals surface area contributed by atoms with E-state index in [1.807, 2.05) is 31.0 Å². The molecule has 7 heteroatoms. The summed E-state index contributed by atoms with van der Waals surface area (Å²) in [6.45, 7) is 4.93. The quantitative estimate of drug-likeness (QED) is 0.622. The lowest BCUT2D eigenvalue weighted by molar-refractivity contribution is -0.130. The predicted octanol–water partition coefficient (Wildman–Crippen LogP) is 1.06. The molecule has 2 N–H and O–H groups in total. The Balaban J connectivity index is 1.55. The molecule has 1 amide bonds. The fourth-order valence-corrected chi connectivity index (χ4v) is 3.04. The third-order valence-electron chi connectivity index (χ3n) is 4.56. The summed E-state index contributed by atoms with van der Waals surface area (Å²) in [5, 5.41) is 10.5. The molecule has 1 aromatic heterocycles. The highest BCUT2D eigenvalue weighted by Gasteiger charge is 2.20. The Kier molecular flexibility index (Phi) is 5.88. The minimum absolute atomic E-state index is 0.0886. The monoisotopic (exact) mass is 354 g/mol. The van der Waals surface area contributed by atoms with Crippen molar-refractivity contribution in [2.24, 2.45) is 12.0 Å². The fraction of sp³-hybridized carbons (Fsp3) is 0.421. The summed E-state index contributed by atoms with van der Waals surface area (Å²) in [4.78, 5) is 19.0. The first kappa shape index (κ1) is 18.0. The SMILES string of the molecule is CCNC(=NCc1ccnn1C)NCC(=O)N1CCc2ccccc2C1. The number of guanidine groups is 1. The van der Waals surface area contributed by atoms with Crippen LogP contribution in [0.25, 0.3) is 0 Å². The van der Waals surface area contributed by atoms with E-state index in [0.717, 1.165) is 25.2 Å². The van der Waals surface area contributed by atoms with Crippen molar-refractivity contribution in [3.63, 3.8) is 0 Å². The molecule has 0 spiro atoms. The third kappa shape index (κ3) is 4.41. The zero-order valence-electron chi connectivity index (χ0n) is 15.4. The molecule has 26 heavy (non-hydrogen) atoms. The van der Waals surface area contributed by atoms with Crippen molar-refractivity contribution in [2.75, 3.05) is 19.6 Å². The molecule has 0 aliphatic carbocycles. The second kappa shape index (κ2) is 8.51. The minimum atomic E-state index is 0.0886. The molecule has 3 rings (SSSR count). The first-order valence-corrected chi connectivity index (χ1v) is 9.01. The van der Waals surface area contributed by atoms with Gasteiger partial charge in [-0.3, -0.25) is 9.48 Å². The van der Waals surface area contributed by atoms with Crippen molar-refractivity contribution >= 4 is 11.9 Å². The second-order valence-corrected chi connectivity index (χ2v) is 6.33. The van der Waals surface area contributed by atoms with E-state index in [0.29, 0.717) is 19.0 Å². The summed E-state index contributed by atoms with van der Waals surface area (Å²) in [6.07, 6.45) is 2.67. The van der Waals surface area contributed by atoms with Gasteiger partial charge in [0.25, 0.3) is 0 Å². The molecule has 2 heterocycles. The van der Waals surface area contributed by atoms with Gasteiger partial charge in [0.05, 0.1) is 18.8 Å². The Morgan fingerprint density at radius 1 is 1.23 bits per heavy atom. The van der Waals surface area contributed by atoms with Crippen LogP contribution >= 0.6 is 0 Å². The normalized spacial score (nSPS) is 14.1. The minimum Gasteiger partial charge on any atom is -0.357 e. The molecule has 0 atom stereocenters. The van der Waals surface area contributed by atoms with Crippen molar-refractivity contribution < 1.29 is 4.79 Å². The van der Waals surface area contributed by atoms with E-state index >= 15 is 0 Å². The smallest absolute Gasteiger partial charge is 0.242 e. The maximum atomic E-state index is 12.6. The van der Waals surface area contributed by atoms with Gasteiger partial charge in [0.15, 0.2) is 5.96 Å². The number of aryl methyl sites for hydroxylation is 1. The number of aliphatic imine (C=N–C) groups is 1. The summed E-state index contributed by atoms with van der Waals surface area (Å²) in [6, 6.07) is 10.3. The van der Waals surface area contributed by atoms with Crippen molar-refractivity contribution in [2.45, 2.75) is 26.4 Å². The lowest BCUT2D eigenvalue weighted by atomic mass is 10.00. The van der Waals surface area contributed by atoms with Gasteiger partial charge < -0.3 is 15.5 Å². The van der Waals surface area contributed by atoms with Crippen LogP contribution in [0.4, 0.5) is 0 Å². The number of benzene rings is 1. The number of hydrogen-bond donors (Lipinski definition) is 2. The van der Waals surface area contributed by atoms with E-state index in [9.17, 15) is 4.79 Å². The van der Waals surface area contributed by atoms with E-state index in [1.54, 1.807) is 10.9 Å². The molecule has 0 saturated carbocycles. The lowest BCUT2D eigenvalue weighted by Crippen LogP contribution is -2.46. The van der Waals surface area contributed by atoms with Gasteiger partial charge in [0, 0.05) is 32.9 Å². The highest BCUT2D eigenvalue weighted by atomic mass is 16.2. The molecule has 0 fully saturated rings. The van der Waals surface area contributed by atoms with E-state index in [1.165, 1.54) is 11.1 Å². The van der Waals surface area contributed by atoms with Crippen LogP contribution in [0, 0.1) is 0 Å². The summed E-state index contributed by atoms with van der Waals surface area (Å²) in [5.74, 6) is 0.727. The van der Waals surface area contributed by atoms with Gasteiger partial charge in [0.2, 0.25) is 5.91 Å². The first-order chi connectivity index (χ1) is 12.7. The maximum absolute atomic E-state index is 12.6. The molecule has 1 aliphatic rings. The first-order valence-electron chi connectivity index (χ1n) is 9.01. The van der Waals surface area contributed by atoms with Crippen molar-refractivity contribution in [1.82, 2.24) is 25.3 Å². The zero-order chi connectivity index (χ0) is 18.4. The standard InChI is InChI=1S/C19H26N6O/c1-3-20-19(21-12-17-8-10-23-24(17)2)22-13-18(26)25-11-9-15-6-4-5-7-16(15)14-25/h4-8,10H,3,9,11-14H2,1-2H3,(H2,20,21,22). The average Bonchev–Trinajstić information content (AvgIpc) is 3.08. The van der Waals surface area contributed by atoms with Crippen LogP contribution in [0.15, 0.2) is 41.5 Å². The van der Waals surface area contributed by atoms with E-state index in [4.69, 9.17) is 0 Å². The van der Waals surface area contributed by atoms with Gasteiger partial charge in [0.1, 0.15) is 0 Å². The van der Waals surface area contributed by atoms with Crippen molar-refractivity contribution in [3.8, 4) is 0 Å². The van der Waals surface area contributed by atoms with Crippen LogP contribution in [0.3, 0.4) is 0 Å². The van der Waals surface area contributed by atoms with Crippen LogP contribution < -0.4 is 10.6 Å². The number of rotatable bonds is 5. The zero-order valence-corrected chi connectivity index (χ0v) is 15.4. The molecule has 0 unspecified atom stereocenters. The van der Waals surface area contributed by atoms with Gasteiger partial charge in [-0.15, -0.1) is 0 Å². The summed E-state index contributed by atoms with van der Waals surface area (Å²) in [5.41, 5.74) is 3.60. The van der Waals surface area contributed by atoms with E-state index in [2.05, 4.69) is 38.9 Å². The van der Waals surface area contributed by atoms with Gasteiger partial charge in [-0.05, 0) is 30.5 Å². The number of aromatic nitrogens is 2. The Morgan fingerprint density at radius 2 is 2.04 bits per heavy atom. The molecule has 7 nitrogen and oxygen atoms in total. The van der Waals surface area contributed by atoms with Crippen LogP contribution in [0.2, 0.25) is 0 Å². The van der Waals surface area contributed by atoms with E-state index < -0.39 is 0 Å². The number of carbonyl (C=O) groups is 1. The summed E-state index contributed by atoms with van der Waals surface area (Å²) in [7, 11) is 1.89. The van der Waals surface area contributed by atoms with Crippen molar-refractivity contribution in [1.29, 1.82) is 0 Å². The van der Waals surface area contributed by atoms with Crippen LogP contribution in [-0.4, -0.2) is 46.2 Å². The average molecular weight is 354 g/mol. The van der Waals surface area contributed by atoms with Crippen LogP contribution in [0.5, 0.6) is 0 Å². The Bertz CT molecular complexity index is 782. The largest absolute Gasteiger partial charge is 0.357 e. The molecule has 0 radical (unpaired) electrons. The highest BCUT2D eigenvalue weighted by molar-refractivity contribution is 5.86. The molecular formula is C19H26N6O. The predicted molar refractivity (Wildman–Crippen MR) is 102 cm³/mol. The highest BCUT2D eigenvalue weighted by Crippen LogP contribution is 2.18. The molecule has 0 saturated heterocycles. The molecule has 0 bridgehead atoms. The number of hydrogen-bond acceptors (Lipinski definition) is 3. The fourth-order valence-electron chi connectivity index (χ4n) is 3.04. The van der Waals surface area contributed by atoms with Gasteiger partial charge in [-0.25, -0.2) is 4.99 Å². The maximum Gasteiger partial charge on any atom is 0.242 e. The molecule has 138 valence electrons. The Hall–Kier alpha value is -2.83.